The molecule has 0 spiro atoms. The maximum absolute atomic E-state index is 4.19. The molecule has 0 aromatic carbocycles. The average Bonchev–Trinajstić information content (AvgIpc) is 2.16. The Hall–Kier alpha value is -1.32. The summed E-state index contributed by atoms with van der Waals surface area (Å²) < 4.78 is 0. The van der Waals surface area contributed by atoms with Crippen LogP contribution in [0.4, 0.5) is 11.6 Å². The maximum Gasteiger partial charge on any atom is 0.133 e. The van der Waals surface area contributed by atoms with E-state index in [0.717, 1.165) is 18.2 Å². The molecule has 14 heavy (non-hydrogen) atoms. The summed E-state index contributed by atoms with van der Waals surface area (Å²) in [6.07, 6.45) is 1.59. The van der Waals surface area contributed by atoms with Gasteiger partial charge in [0, 0.05) is 25.7 Å². The zero-order valence-corrected chi connectivity index (χ0v) is 9.28. The Morgan fingerprint density at radius 3 is 2.71 bits per heavy atom. The second kappa shape index (κ2) is 4.79. The number of rotatable bonds is 4. The van der Waals surface area contributed by atoms with Crippen molar-refractivity contribution in [1.29, 1.82) is 0 Å². The van der Waals surface area contributed by atoms with E-state index in [1.807, 2.05) is 13.1 Å². The minimum atomic E-state index is 0.393. The van der Waals surface area contributed by atoms with E-state index in [0.29, 0.717) is 6.04 Å². The van der Waals surface area contributed by atoms with Crippen LogP contribution < -0.4 is 10.2 Å². The molecule has 1 heterocycles. The van der Waals surface area contributed by atoms with Crippen LogP contribution in [0.25, 0.3) is 0 Å². The summed E-state index contributed by atoms with van der Waals surface area (Å²) >= 11 is 0. The molecule has 0 aliphatic carbocycles. The third kappa shape index (κ3) is 2.87. The molecule has 1 rings (SSSR count). The van der Waals surface area contributed by atoms with Gasteiger partial charge in [-0.25, -0.2) is 9.97 Å². The second-order valence-electron chi connectivity index (χ2n) is 3.57. The van der Waals surface area contributed by atoms with E-state index in [1.54, 1.807) is 6.33 Å². The van der Waals surface area contributed by atoms with Crippen molar-refractivity contribution in [1.82, 2.24) is 9.97 Å². The highest BCUT2D eigenvalue weighted by Gasteiger charge is 2.02. The van der Waals surface area contributed by atoms with Crippen LogP contribution in [0.15, 0.2) is 12.4 Å². The van der Waals surface area contributed by atoms with Crippen molar-refractivity contribution in [2.75, 3.05) is 23.8 Å². The first-order chi connectivity index (χ1) is 6.63. The zero-order chi connectivity index (χ0) is 10.6. The molecule has 1 N–H and O–H groups in total. The highest BCUT2D eigenvalue weighted by Crippen LogP contribution is 2.12. The molecule has 4 heteroatoms. The molecule has 0 bridgehead atoms. The third-order valence-corrected chi connectivity index (χ3v) is 1.95. The molecule has 0 radical (unpaired) electrons. The monoisotopic (exact) mass is 194 g/mol. The van der Waals surface area contributed by atoms with E-state index >= 15 is 0 Å². The first-order valence-electron chi connectivity index (χ1n) is 4.93. The van der Waals surface area contributed by atoms with Crippen molar-refractivity contribution in [2.45, 2.75) is 26.8 Å². The summed E-state index contributed by atoms with van der Waals surface area (Å²) in [6, 6.07) is 2.36. The molecule has 0 fully saturated rings. The predicted molar refractivity (Wildman–Crippen MR) is 59.7 cm³/mol. The van der Waals surface area contributed by atoms with Gasteiger partial charge in [-0.3, -0.25) is 0 Å². The Kier molecular flexibility index (Phi) is 3.68. The van der Waals surface area contributed by atoms with Crippen LogP contribution in [0.5, 0.6) is 0 Å². The van der Waals surface area contributed by atoms with Crippen molar-refractivity contribution in [3.63, 3.8) is 0 Å². The van der Waals surface area contributed by atoms with Crippen molar-refractivity contribution in [3.8, 4) is 0 Å². The maximum atomic E-state index is 4.19. The molecule has 0 aliphatic rings. The normalized spacial score (nSPS) is 10.4. The topological polar surface area (TPSA) is 41.0 Å². The van der Waals surface area contributed by atoms with Crippen LogP contribution in [-0.2, 0) is 0 Å². The van der Waals surface area contributed by atoms with Gasteiger partial charge in [-0.05, 0) is 20.8 Å². The quantitative estimate of drug-likeness (QED) is 0.793. The fraction of sp³-hybridized carbons (Fsp3) is 0.600. The van der Waals surface area contributed by atoms with Crippen LogP contribution >= 0.6 is 0 Å². The minimum Gasteiger partial charge on any atom is -0.368 e. The number of nitrogens with one attached hydrogen (secondary N) is 1. The standard InChI is InChI=1S/C10H18N4/c1-5-14(4)10-6-9(11-7-12-10)13-8(2)3/h6-8H,5H2,1-4H3,(H,11,12,13). The van der Waals surface area contributed by atoms with E-state index in [2.05, 4.69) is 41.0 Å². The average molecular weight is 194 g/mol. The van der Waals surface area contributed by atoms with Gasteiger partial charge in [0.25, 0.3) is 0 Å². The zero-order valence-electron chi connectivity index (χ0n) is 9.28. The molecule has 78 valence electrons. The van der Waals surface area contributed by atoms with Gasteiger partial charge in [0.15, 0.2) is 0 Å². The number of aromatic nitrogens is 2. The molecular formula is C10H18N4. The van der Waals surface area contributed by atoms with E-state index in [4.69, 9.17) is 0 Å². The molecular weight excluding hydrogens is 176 g/mol. The molecule has 0 saturated carbocycles. The fourth-order valence-corrected chi connectivity index (χ4v) is 1.09. The Morgan fingerprint density at radius 1 is 1.43 bits per heavy atom. The van der Waals surface area contributed by atoms with Gasteiger partial charge >= 0.3 is 0 Å². The minimum absolute atomic E-state index is 0.393. The second-order valence-corrected chi connectivity index (χ2v) is 3.57. The van der Waals surface area contributed by atoms with E-state index in [1.165, 1.54) is 0 Å². The Morgan fingerprint density at radius 2 is 2.14 bits per heavy atom. The first kappa shape index (κ1) is 10.8. The van der Waals surface area contributed by atoms with Crippen molar-refractivity contribution in [3.05, 3.63) is 12.4 Å². The summed E-state index contributed by atoms with van der Waals surface area (Å²) in [5, 5.41) is 3.25. The molecule has 1 aromatic heterocycles. The van der Waals surface area contributed by atoms with Gasteiger partial charge in [0.05, 0.1) is 0 Å². The Labute approximate surface area is 85.4 Å². The van der Waals surface area contributed by atoms with Gasteiger partial charge in [0.2, 0.25) is 0 Å². The predicted octanol–water partition coefficient (Wildman–Crippen LogP) is 1.75. The Bertz CT molecular complexity index is 285. The SMILES string of the molecule is CCN(C)c1cc(NC(C)C)ncn1. The van der Waals surface area contributed by atoms with Gasteiger partial charge in [-0.2, -0.15) is 0 Å². The fourth-order valence-electron chi connectivity index (χ4n) is 1.09. The van der Waals surface area contributed by atoms with Crippen molar-refractivity contribution < 1.29 is 0 Å². The van der Waals surface area contributed by atoms with E-state index < -0.39 is 0 Å². The lowest BCUT2D eigenvalue weighted by atomic mass is 10.4. The Balaban J connectivity index is 2.78. The number of hydrogen-bond donors (Lipinski definition) is 1. The lowest BCUT2D eigenvalue weighted by Gasteiger charge is -2.16. The van der Waals surface area contributed by atoms with Gasteiger partial charge in [-0.15, -0.1) is 0 Å². The summed E-state index contributed by atoms with van der Waals surface area (Å²) in [5.74, 6) is 1.83. The largest absolute Gasteiger partial charge is 0.368 e. The van der Waals surface area contributed by atoms with Crippen LogP contribution in [0.3, 0.4) is 0 Å². The van der Waals surface area contributed by atoms with E-state index in [9.17, 15) is 0 Å². The summed E-state index contributed by atoms with van der Waals surface area (Å²) in [5.41, 5.74) is 0. The molecule has 0 amide bonds. The van der Waals surface area contributed by atoms with Gasteiger partial charge < -0.3 is 10.2 Å². The van der Waals surface area contributed by atoms with Crippen molar-refractivity contribution >= 4 is 11.6 Å². The molecule has 1 aromatic rings. The van der Waals surface area contributed by atoms with Crippen LogP contribution in [-0.4, -0.2) is 29.6 Å². The van der Waals surface area contributed by atoms with Crippen LogP contribution in [0.1, 0.15) is 20.8 Å². The summed E-state index contributed by atoms with van der Waals surface area (Å²) in [6.45, 7) is 7.21. The highest BCUT2D eigenvalue weighted by molar-refractivity contribution is 5.48. The number of hydrogen-bond acceptors (Lipinski definition) is 4. The lowest BCUT2D eigenvalue weighted by molar-refractivity contribution is 0.879. The number of anilines is 2. The first-order valence-corrected chi connectivity index (χ1v) is 4.93. The summed E-state index contributed by atoms with van der Waals surface area (Å²) in [7, 11) is 2.02. The number of nitrogens with zero attached hydrogens (tertiary/aromatic N) is 3. The molecule has 0 atom stereocenters. The smallest absolute Gasteiger partial charge is 0.133 e. The molecule has 0 unspecified atom stereocenters. The van der Waals surface area contributed by atoms with Crippen LogP contribution in [0, 0.1) is 0 Å². The van der Waals surface area contributed by atoms with Crippen molar-refractivity contribution in [2.24, 2.45) is 0 Å². The molecule has 4 nitrogen and oxygen atoms in total. The third-order valence-electron chi connectivity index (χ3n) is 1.95. The highest BCUT2D eigenvalue weighted by atomic mass is 15.2. The molecule has 0 saturated heterocycles. The van der Waals surface area contributed by atoms with Gasteiger partial charge in [0.1, 0.15) is 18.0 Å². The van der Waals surface area contributed by atoms with E-state index in [-0.39, 0.29) is 0 Å². The summed E-state index contributed by atoms with van der Waals surface area (Å²) in [4.78, 5) is 10.4. The van der Waals surface area contributed by atoms with Crippen LogP contribution in [0.2, 0.25) is 0 Å². The lowest BCUT2D eigenvalue weighted by Crippen LogP contribution is -2.18. The molecule has 0 aliphatic heterocycles. The van der Waals surface area contributed by atoms with Gasteiger partial charge in [-0.1, -0.05) is 0 Å².